The summed E-state index contributed by atoms with van der Waals surface area (Å²) < 4.78 is 13.0. The van der Waals surface area contributed by atoms with Crippen molar-refractivity contribution in [2.75, 3.05) is 12.4 Å². The molecule has 2 aliphatic carbocycles. The largest absolute Gasteiger partial charge is 0.398 e. The van der Waals surface area contributed by atoms with Gasteiger partial charge in [-0.25, -0.2) is 4.39 Å². The van der Waals surface area contributed by atoms with Crippen LogP contribution in [-0.2, 0) is 0 Å². The van der Waals surface area contributed by atoms with Crippen LogP contribution in [0.15, 0.2) is 89.0 Å². The lowest BCUT2D eigenvalue weighted by molar-refractivity contribution is 0.364. The number of hydrogen-bond acceptors (Lipinski definition) is 2. The van der Waals surface area contributed by atoms with Gasteiger partial charge in [0.15, 0.2) is 0 Å². The Morgan fingerprint density at radius 1 is 1.30 bits per heavy atom. The highest BCUT2D eigenvalue weighted by Crippen LogP contribution is 2.40. The molecule has 0 aromatic heterocycles. The van der Waals surface area contributed by atoms with Crippen LogP contribution in [0.3, 0.4) is 0 Å². The molecule has 2 N–H and O–H groups in total. The van der Waals surface area contributed by atoms with Crippen molar-refractivity contribution in [1.82, 2.24) is 0 Å². The molecule has 0 heterocycles. The molecule has 2 unspecified atom stereocenters. The minimum Gasteiger partial charge on any atom is -0.398 e. The van der Waals surface area contributed by atoms with E-state index in [1.165, 1.54) is 5.57 Å². The number of rotatable bonds is 6. The Kier molecular flexibility index (Phi) is 5.90. The van der Waals surface area contributed by atoms with Gasteiger partial charge in [0.25, 0.3) is 0 Å². The first-order chi connectivity index (χ1) is 13.1. The summed E-state index contributed by atoms with van der Waals surface area (Å²) in [6.45, 7) is 5.71. The zero-order valence-electron chi connectivity index (χ0n) is 15.9. The van der Waals surface area contributed by atoms with E-state index in [-0.39, 0.29) is 18.1 Å². The molecule has 0 aliphatic heterocycles. The normalized spacial score (nSPS) is 23.6. The van der Waals surface area contributed by atoms with Crippen molar-refractivity contribution in [3.8, 4) is 0 Å². The Morgan fingerprint density at radius 2 is 2.11 bits per heavy atom. The Labute approximate surface area is 161 Å². The van der Waals surface area contributed by atoms with Gasteiger partial charge in [0.05, 0.1) is 6.04 Å². The molecule has 140 valence electrons. The Morgan fingerprint density at radius 3 is 2.70 bits per heavy atom. The molecule has 3 rings (SSSR count). The van der Waals surface area contributed by atoms with Gasteiger partial charge < -0.3 is 5.73 Å². The fraction of sp³-hybridized carbons (Fsp3) is 0.292. The number of hydrogen-bond donors (Lipinski definition) is 1. The predicted molar refractivity (Wildman–Crippen MR) is 114 cm³/mol. The second-order valence-corrected chi connectivity index (χ2v) is 7.46. The molecule has 27 heavy (non-hydrogen) atoms. The first kappa shape index (κ1) is 19.1. The van der Waals surface area contributed by atoms with Crippen molar-refractivity contribution in [1.29, 1.82) is 0 Å². The van der Waals surface area contributed by atoms with Gasteiger partial charge in [-0.2, -0.15) is 0 Å². The first-order valence-corrected chi connectivity index (χ1v) is 9.40. The Hall–Kier alpha value is -2.68. The van der Waals surface area contributed by atoms with Gasteiger partial charge in [-0.05, 0) is 42.0 Å². The average molecular weight is 362 g/mol. The van der Waals surface area contributed by atoms with Crippen molar-refractivity contribution in [2.45, 2.75) is 32.2 Å². The fourth-order valence-electron chi connectivity index (χ4n) is 3.62. The topological polar surface area (TPSA) is 38.4 Å². The van der Waals surface area contributed by atoms with Crippen molar-refractivity contribution >= 4 is 11.9 Å². The van der Waals surface area contributed by atoms with Gasteiger partial charge in [-0.1, -0.05) is 68.2 Å². The van der Waals surface area contributed by atoms with Gasteiger partial charge in [0, 0.05) is 22.9 Å². The second-order valence-electron chi connectivity index (χ2n) is 7.46. The number of anilines is 1. The van der Waals surface area contributed by atoms with Crippen LogP contribution in [0.2, 0.25) is 0 Å². The van der Waals surface area contributed by atoms with Crippen LogP contribution in [0, 0.1) is 5.41 Å². The number of nitrogen functional groups attached to an aromatic ring is 1. The maximum Gasteiger partial charge on any atom is 0.111 e. The molecule has 0 radical (unpaired) electrons. The number of benzene rings is 1. The molecule has 2 aliphatic rings. The Balaban J connectivity index is 1.95. The number of aliphatic imine (C=N–C) groups is 1. The monoisotopic (exact) mass is 362 g/mol. The summed E-state index contributed by atoms with van der Waals surface area (Å²) in [7, 11) is 0. The third kappa shape index (κ3) is 4.36. The van der Waals surface area contributed by atoms with E-state index < -0.39 is 0 Å². The zero-order valence-corrected chi connectivity index (χ0v) is 15.9. The van der Waals surface area contributed by atoms with Crippen LogP contribution in [0.25, 0.3) is 0 Å². The van der Waals surface area contributed by atoms with Crippen LogP contribution in [-0.4, -0.2) is 18.9 Å². The second kappa shape index (κ2) is 8.34. The molecule has 2 atom stereocenters. The van der Waals surface area contributed by atoms with Crippen molar-refractivity contribution in [3.05, 3.63) is 89.6 Å². The van der Waals surface area contributed by atoms with E-state index in [9.17, 15) is 4.39 Å². The number of para-hydroxylation sites is 1. The summed E-state index contributed by atoms with van der Waals surface area (Å²) in [5, 5.41) is 0. The minimum absolute atomic E-state index is 0.0200. The van der Waals surface area contributed by atoms with Crippen LogP contribution in [0.4, 0.5) is 10.1 Å². The fourth-order valence-corrected chi connectivity index (χ4v) is 3.62. The molecule has 0 saturated heterocycles. The molecule has 3 heteroatoms. The number of nitrogens with two attached hydrogens (primary N) is 1. The van der Waals surface area contributed by atoms with Gasteiger partial charge >= 0.3 is 0 Å². The van der Waals surface area contributed by atoms with Gasteiger partial charge in [0.2, 0.25) is 0 Å². The highest BCUT2D eigenvalue weighted by molar-refractivity contribution is 5.87. The highest BCUT2D eigenvalue weighted by atomic mass is 19.1. The van der Waals surface area contributed by atoms with E-state index in [2.05, 4.69) is 37.8 Å². The van der Waals surface area contributed by atoms with Crippen LogP contribution in [0.5, 0.6) is 0 Å². The Bertz CT molecular complexity index is 857. The zero-order chi connectivity index (χ0) is 19.3. The summed E-state index contributed by atoms with van der Waals surface area (Å²) in [5.74, 6) is 0. The minimum atomic E-state index is -0.374. The molecular formula is C24H27FN2. The predicted octanol–water partition coefficient (Wildman–Crippen LogP) is 5.75. The molecule has 0 amide bonds. The van der Waals surface area contributed by atoms with Crippen LogP contribution >= 0.6 is 0 Å². The lowest BCUT2D eigenvalue weighted by Crippen LogP contribution is -2.32. The maximum absolute atomic E-state index is 13.0. The van der Waals surface area contributed by atoms with Gasteiger partial charge in [0.1, 0.15) is 6.67 Å². The van der Waals surface area contributed by atoms with E-state index in [4.69, 9.17) is 10.7 Å². The van der Waals surface area contributed by atoms with Crippen molar-refractivity contribution < 1.29 is 4.39 Å². The first-order valence-electron chi connectivity index (χ1n) is 9.40. The number of nitrogens with zero attached hydrogens (tertiary/aromatic N) is 1. The van der Waals surface area contributed by atoms with Crippen molar-refractivity contribution in [3.63, 3.8) is 0 Å². The van der Waals surface area contributed by atoms with Gasteiger partial charge in [-0.3, -0.25) is 4.99 Å². The lowest BCUT2D eigenvalue weighted by atomic mass is 9.71. The summed E-state index contributed by atoms with van der Waals surface area (Å²) >= 11 is 0. The molecule has 1 aromatic carbocycles. The highest BCUT2D eigenvalue weighted by Gasteiger charge is 2.34. The SMILES string of the molecule is C=CC1=CCC(C)(C(N=Cc2ccccc2N)C2=CC=C(CF)CC2)C=C1. The molecule has 0 bridgehead atoms. The summed E-state index contributed by atoms with van der Waals surface area (Å²) in [4.78, 5) is 4.97. The van der Waals surface area contributed by atoms with Crippen LogP contribution < -0.4 is 5.73 Å². The average Bonchev–Trinajstić information content (AvgIpc) is 2.70. The van der Waals surface area contributed by atoms with Crippen LogP contribution in [0.1, 0.15) is 31.7 Å². The molecule has 0 fully saturated rings. The standard InChI is InChI=1S/C24H27FN2/c1-3-18-12-14-24(2,15-13-18)23(20-10-8-19(16-25)9-11-20)27-17-21-6-4-5-7-22(21)26/h3-8,10,12-14,17,23H,1,9,11,15-16,26H2,2H3. The molecule has 2 nitrogen and oxygen atoms in total. The number of alkyl halides is 1. The van der Waals surface area contributed by atoms with Crippen molar-refractivity contribution in [2.24, 2.45) is 10.4 Å². The van der Waals surface area contributed by atoms with E-state index in [0.717, 1.165) is 41.7 Å². The molecule has 1 aromatic rings. The maximum atomic E-state index is 13.0. The third-order valence-electron chi connectivity index (χ3n) is 5.44. The smallest absolute Gasteiger partial charge is 0.111 e. The summed E-state index contributed by atoms with van der Waals surface area (Å²) in [6.07, 6.45) is 16.7. The molecule has 0 spiro atoms. The van der Waals surface area contributed by atoms with Gasteiger partial charge in [-0.15, -0.1) is 0 Å². The summed E-state index contributed by atoms with van der Waals surface area (Å²) in [6, 6.07) is 7.72. The quantitative estimate of drug-likeness (QED) is 0.508. The number of allylic oxidation sites excluding steroid dienone is 7. The van der Waals surface area contributed by atoms with E-state index in [0.29, 0.717) is 0 Å². The lowest BCUT2D eigenvalue weighted by Gasteiger charge is -2.36. The van der Waals surface area contributed by atoms with E-state index in [1.54, 1.807) is 0 Å². The van der Waals surface area contributed by atoms with E-state index in [1.807, 2.05) is 42.6 Å². The molecule has 0 saturated carbocycles. The molecular weight excluding hydrogens is 335 g/mol. The van der Waals surface area contributed by atoms with E-state index >= 15 is 0 Å². The number of halogens is 1. The summed E-state index contributed by atoms with van der Waals surface area (Å²) in [5.41, 5.74) is 10.8. The third-order valence-corrected chi connectivity index (χ3v) is 5.44.